The maximum absolute atomic E-state index is 13.5. The molecule has 1 aromatic rings. The molecule has 0 spiro atoms. The number of fused-ring (bicyclic) bond motifs is 5. The Morgan fingerprint density at radius 1 is 1.10 bits per heavy atom. The minimum absolute atomic E-state index is 0.160. The Morgan fingerprint density at radius 3 is 2.62 bits per heavy atom. The molecular weight excluding hydrogens is 360 g/mol. The summed E-state index contributed by atoms with van der Waals surface area (Å²) in [5.41, 5.74) is 4.39. The third-order valence-electron chi connectivity index (χ3n) is 8.98. The molecule has 0 radical (unpaired) electrons. The third kappa shape index (κ3) is 2.67. The van der Waals surface area contributed by atoms with Crippen molar-refractivity contribution in [2.24, 2.45) is 35.6 Å². The van der Waals surface area contributed by atoms with Crippen molar-refractivity contribution >= 4 is 17.6 Å². The van der Waals surface area contributed by atoms with Crippen LogP contribution in [-0.4, -0.2) is 21.3 Å². The average Bonchev–Trinajstić information content (AvgIpc) is 3.12. The Morgan fingerprint density at radius 2 is 1.90 bits per heavy atom. The van der Waals surface area contributed by atoms with E-state index in [-0.39, 0.29) is 10.8 Å². The lowest BCUT2D eigenvalue weighted by Crippen LogP contribution is -2.50. The van der Waals surface area contributed by atoms with E-state index in [0.717, 1.165) is 55.4 Å². The summed E-state index contributed by atoms with van der Waals surface area (Å²) in [6.07, 6.45) is 12.9. The van der Waals surface area contributed by atoms with E-state index < -0.39 is 0 Å². The molecule has 4 aliphatic rings. The van der Waals surface area contributed by atoms with Gasteiger partial charge in [-0.1, -0.05) is 19.4 Å². The summed E-state index contributed by atoms with van der Waals surface area (Å²) in [5, 5.41) is 4.44. The van der Waals surface area contributed by atoms with E-state index in [1.54, 1.807) is 0 Å². The van der Waals surface area contributed by atoms with Crippen LogP contribution in [0.1, 0.15) is 70.1 Å². The first kappa shape index (κ1) is 19.0. The van der Waals surface area contributed by atoms with Gasteiger partial charge in [0.05, 0.1) is 5.69 Å². The van der Waals surface area contributed by atoms with Gasteiger partial charge in [-0.15, -0.1) is 0 Å². The van der Waals surface area contributed by atoms with Gasteiger partial charge in [0.15, 0.2) is 11.6 Å². The molecule has 5 atom stereocenters. The van der Waals surface area contributed by atoms with Crippen LogP contribution < -0.4 is 0 Å². The monoisotopic (exact) mass is 392 g/mol. The molecule has 0 N–H and O–H groups in total. The minimum Gasteiger partial charge on any atom is -0.295 e. The fraction of sp³-hybridized carbons (Fsp3) is 0.640. The molecule has 4 nitrogen and oxygen atoms in total. The van der Waals surface area contributed by atoms with Crippen LogP contribution in [0.25, 0.3) is 6.08 Å². The zero-order valence-corrected chi connectivity index (χ0v) is 18.1. The van der Waals surface area contributed by atoms with E-state index in [1.165, 1.54) is 5.57 Å². The highest BCUT2D eigenvalue weighted by atomic mass is 16.1. The van der Waals surface area contributed by atoms with Crippen molar-refractivity contribution in [3.63, 3.8) is 0 Å². The molecule has 29 heavy (non-hydrogen) atoms. The molecule has 1 aromatic heterocycles. The molecule has 3 fully saturated rings. The molecule has 0 bridgehead atoms. The standard InChI is InChI=1S/C25H32N2O2/c1-15-17(14-27(4)26-15)11-16-12-22-20-6-5-18-13-19(28)7-9-24(18,2)21(20)8-10-25(22,3)23(16)29/h11,13-14,20-22H,5-10,12H2,1-4H3/b16-11+/t20-,21+,22+,24-,25+/m0/s1. The molecule has 0 saturated heterocycles. The van der Waals surface area contributed by atoms with Crippen LogP contribution in [-0.2, 0) is 16.6 Å². The maximum atomic E-state index is 13.5. The number of hydrogen-bond donors (Lipinski definition) is 0. The Kier molecular flexibility index (Phi) is 4.11. The van der Waals surface area contributed by atoms with Gasteiger partial charge in [-0.3, -0.25) is 14.3 Å². The topological polar surface area (TPSA) is 52.0 Å². The van der Waals surface area contributed by atoms with E-state index in [1.807, 2.05) is 30.9 Å². The highest BCUT2D eigenvalue weighted by Crippen LogP contribution is 2.65. The summed E-state index contributed by atoms with van der Waals surface area (Å²) < 4.78 is 1.83. The number of aromatic nitrogens is 2. The number of carbonyl (C=O) groups excluding carboxylic acids is 2. The lowest BCUT2D eigenvalue weighted by molar-refractivity contribution is -0.130. The highest BCUT2D eigenvalue weighted by molar-refractivity contribution is 6.06. The Hall–Kier alpha value is -1.97. The Balaban J connectivity index is 1.49. The minimum atomic E-state index is -0.217. The van der Waals surface area contributed by atoms with Crippen LogP contribution in [0.2, 0.25) is 0 Å². The first-order valence-corrected chi connectivity index (χ1v) is 11.2. The fourth-order valence-electron chi connectivity index (χ4n) is 7.31. The van der Waals surface area contributed by atoms with Gasteiger partial charge >= 0.3 is 0 Å². The number of hydrogen-bond acceptors (Lipinski definition) is 3. The van der Waals surface area contributed by atoms with Crippen molar-refractivity contribution in [3.8, 4) is 0 Å². The van der Waals surface area contributed by atoms with Crippen molar-refractivity contribution < 1.29 is 9.59 Å². The number of ketones is 2. The van der Waals surface area contributed by atoms with Crippen molar-refractivity contribution in [3.05, 3.63) is 34.7 Å². The maximum Gasteiger partial charge on any atom is 0.165 e. The van der Waals surface area contributed by atoms with E-state index in [9.17, 15) is 9.59 Å². The summed E-state index contributed by atoms with van der Waals surface area (Å²) in [5.74, 6) is 2.32. The van der Waals surface area contributed by atoms with Crippen LogP contribution in [0.3, 0.4) is 0 Å². The Bertz CT molecular complexity index is 967. The van der Waals surface area contributed by atoms with Gasteiger partial charge < -0.3 is 0 Å². The molecule has 0 aromatic carbocycles. The molecule has 1 heterocycles. The van der Waals surface area contributed by atoms with E-state index in [2.05, 4.69) is 25.0 Å². The van der Waals surface area contributed by atoms with Crippen molar-refractivity contribution in [1.82, 2.24) is 9.78 Å². The number of allylic oxidation sites excluding steroid dienone is 2. The highest BCUT2D eigenvalue weighted by Gasteiger charge is 2.60. The van der Waals surface area contributed by atoms with Crippen molar-refractivity contribution in [1.29, 1.82) is 0 Å². The molecule has 4 heteroatoms. The van der Waals surface area contributed by atoms with Crippen LogP contribution in [0, 0.1) is 35.5 Å². The number of carbonyl (C=O) groups is 2. The summed E-state index contributed by atoms with van der Waals surface area (Å²) in [4.78, 5) is 25.5. The summed E-state index contributed by atoms with van der Waals surface area (Å²) in [7, 11) is 1.93. The largest absolute Gasteiger partial charge is 0.295 e. The third-order valence-corrected chi connectivity index (χ3v) is 8.98. The van der Waals surface area contributed by atoms with Gasteiger partial charge in [-0.05, 0) is 86.3 Å². The average molecular weight is 393 g/mol. The van der Waals surface area contributed by atoms with Gasteiger partial charge in [-0.2, -0.15) is 5.10 Å². The first-order chi connectivity index (χ1) is 13.7. The first-order valence-electron chi connectivity index (χ1n) is 11.2. The van der Waals surface area contributed by atoms with Crippen molar-refractivity contribution in [2.75, 3.05) is 0 Å². The number of Topliss-reactive ketones (excluding diaryl/α,β-unsaturated/α-hetero) is 1. The normalized spacial score (nSPS) is 40.5. The second kappa shape index (κ2) is 6.26. The van der Waals surface area contributed by atoms with Crippen LogP contribution in [0.4, 0.5) is 0 Å². The summed E-state index contributed by atoms with van der Waals surface area (Å²) >= 11 is 0. The van der Waals surface area contributed by atoms with Gasteiger partial charge in [0, 0.05) is 30.6 Å². The SMILES string of the molecule is Cc1nn(C)cc1/C=C1\C[C@@H]2[C@H]3CCC4=CC(=O)CC[C@]4(C)[C@@H]3CC[C@@]2(C)C1=O. The fourth-order valence-corrected chi connectivity index (χ4v) is 7.31. The number of rotatable bonds is 1. The van der Waals surface area contributed by atoms with Gasteiger partial charge in [0.2, 0.25) is 0 Å². The smallest absolute Gasteiger partial charge is 0.165 e. The molecule has 4 aliphatic carbocycles. The molecule has 0 aliphatic heterocycles. The molecule has 0 unspecified atom stereocenters. The summed E-state index contributed by atoms with van der Waals surface area (Å²) in [6.45, 7) is 6.64. The molecule has 5 rings (SSSR count). The van der Waals surface area contributed by atoms with Gasteiger partial charge in [-0.25, -0.2) is 0 Å². The van der Waals surface area contributed by atoms with Crippen LogP contribution in [0.15, 0.2) is 23.4 Å². The lowest BCUT2D eigenvalue weighted by Gasteiger charge is -2.56. The van der Waals surface area contributed by atoms with Crippen LogP contribution in [0.5, 0.6) is 0 Å². The van der Waals surface area contributed by atoms with E-state index in [0.29, 0.717) is 35.7 Å². The quantitative estimate of drug-likeness (QED) is 0.644. The summed E-state index contributed by atoms with van der Waals surface area (Å²) in [6, 6.07) is 0. The second-order valence-corrected chi connectivity index (χ2v) is 10.5. The predicted molar refractivity (Wildman–Crippen MR) is 113 cm³/mol. The van der Waals surface area contributed by atoms with Crippen molar-refractivity contribution in [2.45, 2.75) is 65.7 Å². The number of nitrogens with zero attached hydrogens (tertiary/aromatic N) is 2. The predicted octanol–water partition coefficient (Wildman–Crippen LogP) is 4.82. The zero-order valence-electron chi connectivity index (χ0n) is 18.1. The number of aryl methyl sites for hydroxylation is 2. The van der Waals surface area contributed by atoms with E-state index in [4.69, 9.17) is 0 Å². The zero-order chi connectivity index (χ0) is 20.6. The van der Waals surface area contributed by atoms with Crippen LogP contribution >= 0.6 is 0 Å². The van der Waals surface area contributed by atoms with Gasteiger partial charge in [0.1, 0.15) is 0 Å². The second-order valence-electron chi connectivity index (χ2n) is 10.5. The molecule has 154 valence electrons. The molecular formula is C25H32N2O2. The molecule has 3 saturated carbocycles. The van der Waals surface area contributed by atoms with Gasteiger partial charge in [0.25, 0.3) is 0 Å². The molecule has 0 amide bonds. The lowest BCUT2D eigenvalue weighted by atomic mass is 9.47. The Labute approximate surface area is 173 Å². The van der Waals surface area contributed by atoms with E-state index >= 15 is 0 Å².